The van der Waals surface area contributed by atoms with Crippen molar-refractivity contribution in [2.75, 3.05) is 23.8 Å². The standard InChI is InChI=1S/C22H33N5O2S/c28-12-6-11-23-20-13-18(30(29)17-9-2-1-3-10-17)14-21(24-20)25-22-15-19(26-27-22)16-7-4-5-8-16/h13-17,28H,1-12H2,(H3,23,24,25,26,27). The van der Waals surface area contributed by atoms with Gasteiger partial charge in [-0.2, -0.15) is 5.10 Å². The summed E-state index contributed by atoms with van der Waals surface area (Å²) >= 11 is 0. The number of nitrogens with one attached hydrogen (secondary N) is 3. The van der Waals surface area contributed by atoms with Crippen LogP contribution in [0.1, 0.15) is 75.8 Å². The molecule has 4 rings (SSSR count). The number of nitrogens with zero attached hydrogens (tertiary/aromatic N) is 2. The van der Waals surface area contributed by atoms with Gasteiger partial charge in [-0.15, -0.1) is 0 Å². The lowest BCUT2D eigenvalue weighted by Crippen LogP contribution is -2.19. The van der Waals surface area contributed by atoms with Gasteiger partial charge in [0.1, 0.15) is 11.6 Å². The topological polar surface area (TPSA) is 103 Å². The summed E-state index contributed by atoms with van der Waals surface area (Å²) in [6.45, 7) is 0.750. The van der Waals surface area contributed by atoms with Crippen molar-refractivity contribution in [2.24, 2.45) is 0 Å². The molecule has 0 aliphatic heterocycles. The van der Waals surface area contributed by atoms with Crippen molar-refractivity contribution in [1.82, 2.24) is 15.2 Å². The van der Waals surface area contributed by atoms with E-state index >= 15 is 0 Å². The fraction of sp³-hybridized carbons (Fsp3) is 0.636. The van der Waals surface area contributed by atoms with Crippen LogP contribution in [0.5, 0.6) is 0 Å². The highest BCUT2D eigenvalue weighted by Crippen LogP contribution is 2.34. The largest absolute Gasteiger partial charge is 0.396 e. The molecular formula is C22H33N5O2S. The Labute approximate surface area is 180 Å². The van der Waals surface area contributed by atoms with E-state index in [0.29, 0.717) is 30.5 Å². The number of aromatic nitrogens is 3. The Balaban J connectivity index is 1.52. The molecule has 2 fully saturated rings. The Morgan fingerprint density at radius 2 is 1.73 bits per heavy atom. The van der Waals surface area contributed by atoms with Crippen molar-refractivity contribution in [3.63, 3.8) is 0 Å². The molecule has 0 bridgehead atoms. The molecule has 2 aliphatic carbocycles. The summed E-state index contributed by atoms with van der Waals surface area (Å²) in [5.41, 5.74) is 1.18. The van der Waals surface area contributed by atoms with E-state index in [0.717, 1.165) is 36.4 Å². The van der Waals surface area contributed by atoms with Crippen LogP contribution in [0.2, 0.25) is 0 Å². The van der Waals surface area contributed by atoms with E-state index in [-0.39, 0.29) is 11.9 Å². The minimum Gasteiger partial charge on any atom is -0.396 e. The molecular weight excluding hydrogens is 398 g/mol. The van der Waals surface area contributed by atoms with E-state index in [2.05, 4.69) is 31.9 Å². The van der Waals surface area contributed by atoms with Gasteiger partial charge in [0.2, 0.25) is 0 Å². The van der Waals surface area contributed by atoms with E-state index in [9.17, 15) is 4.21 Å². The van der Waals surface area contributed by atoms with E-state index in [1.165, 1.54) is 37.8 Å². The van der Waals surface area contributed by atoms with Gasteiger partial charge in [0, 0.05) is 41.0 Å². The fourth-order valence-corrected chi connectivity index (χ4v) is 6.12. The Bertz CT molecular complexity index is 844. The first-order valence-electron chi connectivity index (χ1n) is 11.3. The second kappa shape index (κ2) is 10.4. The maximum atomic E-state index is 13.2. The van der Waals surface area contributed by atoms with Crippen molar-refractivity contribution in [1.29, 1.82) is 0 Å². The lowest BCUT2D eigenvalue weighted by atomic mass is 10.0. The Morgan fingerprint density at radius 3 is 2.50 bits per heavy atom. The molecule has 7 nitrogen and oxygen atoms in total. The SMILES string of the molecule is O=S(c1cc(NCCCO)nc(Nc2cc(C3CCCC3)[nH]n2)c1)C1CCCCC1. The Morgan fingerprint density at radius 1 is 1.00 bits per heavy atom. The van der Waals surface area contributed by atoms with Crippen LogP contribution >= 0.6 is 0 Å². The zero-order valence-corrected chi connectivity index (χ0v) is 18.3. The molecule has 2 heterocycles. The number of rotatable bonds is 9. The predicted octanol–water partition coefficient (Wildman–Crippen LogP) is 4.44. The molecule has 1 unspecified atom stereocenters. The molecule has 0 spiro atoms. The molecule has 0 saturated heterocycles. The number of aromatic amines is 1. The van der Waals surface area contributed by atoms with Gasteiger partial charge in [0.15, 0.2) is 5.82 Å². The first-order valence-corrected chi connectivity index (χ1v) is 12.5. The molecule has 0 radical (unpaired) electrons. The minimum absolute atomic E-state index is 0.128. The van der Waals surface area contributed by atoms with Crippen LogP contribution in [0.25, 0.3) is 0 Å². The Hall–Kier alpha value is -1.93. The van der Waals surface area contributed by atoms with Gasteiger partial charge in [0.05, 0.1) is 10.8 Å². The highest BCUT2D eigenvalue weighted by atomic mass is 32.2. The third-order valence-corrected chi connectivity index (χ3v) is 7.95. The van der Waals surface area contributed by atoms with Gasteiger partial charge in [-0.1, -0.05) is 32.1 Å². The number of H-pyrrole nitrogens is 1. The van der Waals surface area contributed by atoms with Gasteiger partial charge in [-0.05, 0) is 44.2 Å². The zero-order valence-electron chi connectivity index (χ0n) is 17.5. The summed E-state index contributed by atoms with van der Waals surface area (Å²) < 4.78 is 13.2. The average Bonchev–Trinajstić information content (AvgIpc) is 3.46. The van der Waals surface area contributed by atoms with Crippen molar-refractivity contribution < 1.29 is 9.32 Å². The lowest BCUT2D eigenvalue weighted by Gasteiger charge is -2.21. The van der Waals surface area contributed by atoms with Crippen LogP contribution in [-0.2, 0) is 10.8 Å². The molecule has 1 atom stereocenters. The van der Waals surface area contributed by atoms with Crippen LogP contribution < -0.4 is 10.6 Å². The zero-order chi connectivity index (χ0) is 20.8. The molecule has 30 heavy (non-hydrogen) atoms. The monoisotopic (exact) mass is 431 g/mol. The molecule has 0 amide bonds. The second-order valence-corrected chi connectivity index (χ2v) is 10.2. The Kier molecular flexibility index (Phi) is 7.38. The highest BCUT2D eigenvalue weighted by molar-refractivity contribution is 7.85. The van der Waals surface area contributed by atoms with Crippen LogP contribution in [0.4, 0.5) is 17.5 Å². The summed E-state index contributed by atoms with van der Waals surface area (Å²) in [4.78, 5) is 5.45. The van der Waals surface area contributed by atoms with Crippen LogP contribution in [-0.4, -0.2) is 42.9 Å². The number of hydrogen-bond donors (Lipinski definition) is 4. The predicted molar refractivity (Wildman–Crippen MR) is 121 cm³/mol. The quantitative estimate of drug-likeness (QED) is 0.438. The third kappa shape index (κ3) is 5.40. The molecule has 2 saturated carbocycles. The number of anilines is 3. The summed E-state index contributed by atoms with van der Waals surface area (Å²) in [7, 11) is -1.05. The van der Waals surface area contributed by atoms with Crippen LogP contribution in [0, 0.1) is 0 Å². The second-order valence-electron chi connectivity index (χ2n) is 8.45. The van der Waals surface area contributed by atoms with Gasteiger partial charge in [-0.3, -0.25) is 9.31 Å². The maximum absolute atomic E-state index is 13.2. The molecule has 164 valence electrons. The van der Waals surface area contributed by atoms with Crippen LogP contribution in [0.15, 0.2) is 23.1 Å². The minimum atomic E-state index is -1.05. The smallest absolute Gasteiger partial charge is 0.153 e. The normalized spacial score (nSPS) is 19.1. The fourth-order valence-electron chi connectivity index (χ4n) is 4.52. The van der Waals surface area contributed by atoms with Crippen molar-refractivity contribution in [3.8, 4) is 0 Å². The van der Waals surface area contributed by atoms with E-state index in [4.69, 9.17) is 5.11 Å². The molecule has 8 heteroatoms. The lowest BCUT2D eigenvalue weighted by molar-refractivity contribution is 0.292. The summed E-state index contributed by atoms with van der Waals surface area (Å²) in [6, 6.07) is 5.86. The average molecular weight is 432 g/mol. The van der Waals surface area contributed by atoms with Crippen LogP contribution in [0.3, 0.4) is 0 Å². The van der Waals surface area contributed by atoms with Gasteiger partial charge in [0.25, 0.3) is 0 Å². The number of hydrogen-bond acceptors (Lipinski definition) is 6. The number of aliphatic hydroxyl groups is 1. The molecule has 2 aromatic heterocycles. The van der Waals surface area contributed by atoms with Gasteiger partial charge >= 0.3 is 0 Å². The van der Waals surface area contributed by atoms with Crippen molar-refractivity contribution >= 4 is 28.3 Å². The summed E-state index contributed by atoms with van der Waals surface area (Å²) in [5, 5.41) is 23.4. The van der Waals surface area contributed by atoms with E-state index in [1.807, 2.05) is 12.1 Å². The van der Waals surface area contributed by atoms with Gasteiger partial charge in [-0.25, -0.2) is 4.98 Å². The first kappa shape index (κ1) is 21.3. The molecule has 4 N–H and O–H groups in total. The van der Waals surface area contributed by atoms with E-state index < -0.39 is 10.8 Å². The van der Waals surface area contributed by atoms with Gasteiger partial charge < -0.3 is 15.7 Å². The maximum Gasteiger partial charge on any atom is 0.153 e. The molecule has 0 aromatic carbocycles. The first-order chi connectivity index (χ1) is 14.7. The molecule has 2 aromatic rings. The van der Waals surface area contributed by atoms with E-state index in [1.54, 1.807) is 0 Å². The van der Waals surface area contributed by atoms with Crippen molar-refractivity contribution in [2.45, 2.75) is 80.3 Å². The number of pyridine rings is 1. The third-order valence-electron chi connectivity index (χ3n) is 6.18. The van der Waals surface area contributed by atoms with Crippen molar-refractivity contribution in [3.05, 3.63) is 23.9 Å². The molecule has 2 aliphatic rings. The summed E-state index contributed by atoms with van der Waals surface area (Å²) in [5.74, 6) is 2.64. The number of aliphatic hydroxyl groups excluding tert-OH is 1. The highest BCUT2D eigenvalue weighted by Gasteiger charge is 2.23. The summed E-state index contributed by atoms with van der Waals surface area (Å²) in [6.07, 6.45) is 11.2.